The number of ether oxygens (including phenoxy) is 3. The Balaban J connectivity index is 2.62. The van der Waals surface area contributed by atoms with Gasteiger partial charge in [0.1, 0.15) is 6.61 Å². The standard InChI is InChI=1S/C12H16ClNO6S/c1-18-4-5-19-6-7-20-12(15)10-8-9(21(14,16)17)2-3-11(10)13/h2-3,8H,4-7H2,1H3,(H2,14,16,17). The third-order valence-electron chi connectivity index (χ3n) is 2.38. The van der Waals surface area contributed by atoms with Crippen molar-refractivity contribution in [1.82, 2.24) is 0 Å². The molecule has 0 spiro atoms. The molecule has 1 aromatic carbocycles. The van der Waals surface area contributed by atoms with Crippen LogP contribution in [-0.2, 0) is 24.2 Å². The largest absolute Gasteiger partial charge is 0.460 e. The van der Waals surface area contributed by atoms with Crippen LogP contribution >= 0.6 is 11.6 Å². The third-order valence-corrected chi connectivity index (χ3v) is 3.62. The maximum Gasteiger partial charge on any atom is 0.339 e. The average Bonchev–Trinajstić information content (AvgIpc) is 2.41. The number of sulfonamides is 1. The minimum atomic E-state index is -3.92. The SMILES string of the molecule is COCCOCCOC(=O)c1cc(S(N)(=O)=O)ccc1Cl. The Labute approximate surface area is 128 Å². The molecule has 7 nitrogen and oxygen atoms in total. The van der Waals surface area contributed by atoms with Crippen molar-refractivity contribution < 1.29 is 27.4 Å². The van der Waals surface area contributed by atoms with Gasteiger partial charge in [-0.2, -0.15) is 0 Å². The molecule has 0 aromatic heterocycles. The average molecular weight is 338 g/mol. The van der Waals surface area contributed by atoms with Gasteiger partial charge >= 0.3 is 5.97 Å². The maximum atomic E-state index is 11.8. The van der Waals surface area contributed by atoms with Gasteiger partial charge in [-0.3, -0.25) is 0 Å². The Morgan fingerprint density at radius 2 is 1.90 bits per heavy atom. The van der Waals surface area contributed by atoms with Crippen molar-refractivity contribution in [2.75, 3.05) is 33.5 Å². The van der Waals surface area contributed by atoms with Crippen LogP contribution in [0.2, 0.25) is 5.02 Å². The molecule has 1 rings (SSSR count). The highest BCUT2D eigenvalue weighted by Gasteiger charge is 2.16. The molecule has 0 aliphatic heterocycles. The molecule has 118 valence electrons. The van der Waals surface area contributed by atoms with Crippen LogP contribution in [0.15, 0.2) is 23.1 Å². The first-order valence-electron chi connectivity index (χ1n) is 5.92. The summed E-state index contributed by atoms with van der Waals surface area (Å²) in [6.45, 7) is 1.03. The smallest absolute Gasteiger partial charge is 0.339 e. The number of primary sulfonamides is 1. The fourth-order valence-electron chi connectivity index (χ4n) is 1.35. The number of carbonyl (C=O) groups is 1. The van der Waals surface area contributed by atoms with Gasteiger partial charge in [0.25, 0.3) is 0 Å². The molecular formula is C12H16ClNO6S. The van der Waals surface area contributed by atoms with Crippen molar-refractivity contribution in [1.29, 1.82) is 0 Å². The van der Waals surface area contributed by atoms with Crippen LogP contribution in [0, 0.1) is 0 Å². The van der Waals surface area contributed by atoms with Gasteiger partial charge in [-0.15, -0.1) is 0 Å². The number of esters is 1. The van der Waals surface area contributed by atoms with E-state index in [1.807, 2.05) is 0 Å². The van der Waals surface area contributed by atoms with Crippen LogP contribution < -0.4 is 5.14 Å². The van der Waals surface area contributed by atoms with Crippen LogP contribution in [0.4, 0.5) is 0 Å². The lowest BCUT2D eigenvalue weighted by atomic mass is 10.2. The molecule has 0 unspecified atom stereocenters. The first kappa shape index (κ1) is 17.9. The molecule has 0 fully saturated rings. The van der Waals surface area contributed by atoms with Crippen molar-refractivity contribution in [3.05, 3.63) is 28.8 Å². The fraction of sp³-hybridized carbons (Fsp3) is 0.417. The van der Waals surface area contributed by atoms with Crippen molar-refractivity contribution in [2.45, 2.75) is 4.90 Å². The van der Waals surface area contributed by atoms with E-state index in [1.165, 1.54) is 12.1 Å². The van der Waals surface area contributed by atoms with E-state index in [-0.39, 0.29) is 28.7 Å². The molecule has 0 saturated carbocycles. The van der Waals surface area contributed by atoms with E-state index >= 15 is 0 Å². The monoisotopic (exact) mass is 337 g/mol. The first-order valence-corrected chi connectivity index (χ1v) is 7.85. The second-order valence-electron chi connectivity index (χ2n) is 3.93. The summed E-state index contributed by atoms with van der Waals surface area (Å²) in [7, 11) is -2.37. The van der Waals surface area contributed by atoms with Gasteiger partial charge in [0, 0.05) is 7.11 Å². The maximum absolute atomic E-state index is 11.8. The predicted molar refractivity (Wildman–Crippen MR) is 75.8 cm³/mol. The summed E-state index contributed by atoms with van der Waals surface area (Å²) in [6, 6.07) is 3.56. The molecule has 2 N–H and O–H groups in total. The Hall–Kier alpha value is -1.19. The second-order valence-corrected chi connectivity index (χ2v) is 5.90. The Kier molecular flexibility index (Phi) is 7.06. The lowest BCUT2D eigenvalue weighted by molar-refractivity contribution is 0.0213. The number of rotatable bonds is 8. The van der Waals surface area contributed by atoms with Gasteiger partial charge < -0.3 is 14.2 Å². The summed E-state index contributed by atoms with van der Waals surface area (Å²) >= 11 is 5.84. The lowest BCUT2D eigenvalue weighted by Gasteiger charge is -2.08. The van der Waals surface area contributed by atoms with E-state index in [9.17, 15) is 13.2 Å². The predicted octanol–water partition coefficient (Wildman–Crippen LogP) is 0.807. The molecule has 0 radical (unpaired) electrons. The molecular weight excluding hydrogens is 322 g/mol. The topological polar surface area (TPSA) is 105 Å². The number of carbonyl (C=O) groups excluding carboxylic acids is 1. The quantitative estimate of drug-likeness (QED) is 0.556. The van der Waals surface area contributed by atoms with Gasteiger partial charge in [-0.1, -0.05) is 11.6 Å². The van der Waals surface area contributed by atoms with E-state index in [2.05, 4.69) is 0 Å². The van der Waals surface area contributed by atoms with E-state index < -0.39 is 16.0 Å². The summed E-state index contributed by atoms with van der Waals surface area (Å²) in [5.41, 5.74) is -0.0694. The highest BCUT2D eigenvalue weighted by Crippen LogP contribution is 2.20. The molecule has 1 aromatic rings. The Bertz CT molecular complexity index is 589. The van der Waals surface area contributed by atoms with Gasteiger partial charge in [-0.05, 0) is 18.2 Å². The number of benzene rings is 1. The van der Waals surface area contributed by atoms with E-state index in [0.29, 0.717) is 13.2 Å². The zero-order valence-electron chi connectivity index (χ0n) is 11.4. The third kappa shape index (κ3) is 5.98. The van der Waals surface area contributed by atoms with Crippen molar-refractivity contribution in [3.63, 3.8) is 0 Å². The zero-order valence-corrected chi connectivity index (χ0v) is 12.9. The van der Waals surface area contributed by atoms with Crippen molar-refractivity contribution >= 4 is 27.6 Å². The molecule has 0 heterocycles. The summed E-state index contributed by atoms with van der Waals surface area (Å²) in [5.74, 6) is -0.749. The van der Waals surface area contributed by atoms with E-state index in [1.54, 1.807) is 7.11 Å². The number of halogens is 1. The minimum Gasteiger partial charge on any atom is -0.460 e. The molecule has 0 aliphatic carbocycles. The fourth-order valence-corrected chi connectivity index (χ4v) is 2.09. The molecule has 0 saturated heterocycles. The van der Waals surface area contributed by atoms with Gasteiger partial charge in [0.2, 0.25) is 10.0 Å². The lowest BCUT2D eigenvalue weighted by Crippen LogP contribution is -2.15. The van der Waals surface area contributed by atoms with Gasteiger partial charge in [0.15, 0.2) is 0 Å². The van der Waals surface area contributed by atoms with Crippen LogP contribution in [0.25, 0.3) is 0 Å². The minimum absolute atomic E-state index is 0.0124. The Morgan fingerprint density at radius 1 is 1.24 bits per heavy atom. The molecule has 0 bridgehead atoms. The summed E-state index contributed by atoms with van der Waals surface area (Å²) in [5, 5.41) is 5.07. The van der Waals surface area contributed by atoms with E-state index in [4.69, 9.17) is 31.0 Å². The number of nitrogens with two attached hydrogens (primary N) is 1. The van der Waals surface area contributed by atoms with Crippen LogP contribution in [0.3, 0.4) is 0 Å². The molecule has 0 atom stereocenters. The second kappa shape index (κ2) is 8.30. The van der Waals surface area contributed by atoms with E-state index in [0.717, 1.165) is 6.07 Å². The first-order chi connectivity index (χ1) is 9.86. The van der Waals surface area contributed by atoms with Crippen LogP contribution in [-0.4, -0.2) is 47.9 Å². The number of hydrogen-bond donors (Lipinski definition) is 1. The highest BCUT2D eigenvalue weighted by molar-refractivity contribution is 7.89. The molecule has 0 amide bonds. The van der Waals surface area contributed by atoms with Crippen molar-refractivity contribution in [3.8, 4) is 0 Å². The molecule has 9 heteroatoms. The van der Waals surface area contributed by atoms with Crippen LogP contribution in [0.5, 0.6) is 0 Å². The summed E-state index contributed by atoms with van der Waals surface area (Å²) in [4.78, 5) is 11.6. The van der Waals surface area contributed by atoms with Gasteiger partial charge in [-0.25, -0.2) is 18.4 Å². The Morgan fingerprint density at radius 3 is 2.52 bits per heavy atom. The highest BCUT2D eigenvalue weighted by atomic mass is 35.5. The summed E-state index contributed by atoms with van der Waals surface area (Å²) in [6.07, 6.45) is 0. The number of methoxy groups -OCH3 is 1. The normalized spacial score (nSPS) is 11.4. The molecule has 0 aliphatic rings. The zero-order chi connectivity index (χ0) is 15.9. The summed E-state index contributed by atoms with van der Waals surface area (Å²) < 4.78 is 37.3. The van der Waals surface area contributed by atoms with Gasteiger partial charge in [0.05, 0.1) is 35.3 Å². The molecule has 21 heavy (non-hydrogen) atoms. The number of hydrogen-bond acceptors (Lipinski definition) is 6. The van der Waals surface area contributed by atoms with Crippen molar-refractivity contribution in [2.24, 2.45) is 5.14 Å². The van der Waals surface area contributed by atoms with Crippen LogP contribution in [0.1, 0.15) is 10.4 Å².